The molecule has 0 aliphatic heterocycles. The average Bonchev–Trinajstić information content (AvgIpc) is 2.45. The van der Waals surface area contributed by atoms with Crippen LogP contribution in [-0.2, 0) is 0 Å². The minimum atomic E-state index is -0.156. The van der Waals surface area contributed by atoms with Crippen molar-refractivity contribution >= 4 is 21.8 Å². The minimum absolute atomic E-state index is 0.156. The molecule has 2 rings (SSSR count). The van der Waals surface area contributed by atoms with Crippen LogP contribution in [0.4, 0.5) is 0 Å². The maximum atomic E-state index is 11.7. The highest BCUT2D eigenvalue weighted by Gasteiger charge is 2.04. The molecule has 19 heavy (non-hydrogen) atoms. The van der Waals surface area contributed by atoms with Crippen molar-refractivity contribution in [3.05, 3.63) is 58.8 Å². The molecule has 4 nitrogen and oxygen atoms in total. The minimum Gasteiger partial charge on any atom is -0.492 e. The van der Waals surface area contributed by atoms with Crippen LogP contribution in [0.5, 0.6) is 5.75 Å². The monoisotopic (exact) mass is 320 g/mol. The zero-order chi connectivity index (χ0) is 13.5. The van der Waals surface area contributed by atoms with Gasteiger partial charge in [0.2, 0.25) is 0 Å². The van der Waals surface area contributed by atoms with Gasteiger partial charge in [0.1, 0.15) is 17.0 Å². The first kappa shape index (κ1) is 13.5. The van der Waals surface area contributed by atoms with E-state index in [-0.39, 0.29) is 5.91 Å². The highest BCUT2D eigenvalue weighted by Crippen LogP contribution is 2.08. The number of carbonyl (C=O) groups is 1. The summed E-state index contributed by atoms with van der Waals surface area (Å²) in [6, 6.07) is 12.9. The van der Waals surface area contributed by atoms with Crippen LogP contribution in [0.1, 0.15) is 10.4 Å². The Morgan fingerprint density at radius 2 is 2.00 bits per heavy atom. The Bertz CT molecular complexity index is 529. The summed E-state index contributed by atoms with van der Waals surface area (Å²) in [5.41, 5.74) is 0.530. The highest BCUT2D eigenvalue weighted by atomic mass is 79.9. The number of pyridine rings is 1. The molecule has 0 radical (unpaired) electrons. The summed E-state index contributed by atoms with van der Waals surface area (Å²) in [5, 5.41) is 2.77. The van der Waals surface area contributed by atoms with Crippen molar-refractivity contribution in [3.63, 3.8) is 0 Å². The molecule has 0 aliphatic carbocycles. The van der Waals surface area contributed by atoms with E-state index in [4.69, 9.17) is 4.74 Å². The van der Waals surface area contributed by atoms with E-state index in [1.165, 1.54) is 6.20 Å². The quantitative estimate of drug-likeness (QED) is 0.680. The first-order valence-corrected chi connectivity index (χ1v) is 6.62. The molecule has 5 heteroatoms. The number of ether oxygens (including phenoxy) is 1. The van der Waals surface area contributed by atoms with E-state index in [9.17, 15) is 4.79 Å². The van der Waals surface area contributed by atoms with Crippen LogP contribution in [0.15, 0.2) is 53.3 Å². The number of nitrogens with one attached hydrogen (secondary N) is 1. The number of halogens is 1. The largest absolute Gasteiger partial charge is 0.492 e. The van der Waals surface area contributed by atoms with Crippen molar-refractivity contribution in [3.8, 4) is 5.75 Å². The van der Waals surface area contributed by atoms with E-state index in [0.29, 0.717) is 23.3 Å². The predicted molar refractivity (Wildman–Crippen MR) is 76.2 cm³/mol. The third-order valence-electron chi connectivity index (χ3n) is 2.39. The van der Waals surface area contributed by atoms with Gasteiger partial charge in [0.05, 0.1) is 12.1 Å². The smallest absolute Gasteiger partial charge is 0.252 e. The van der Waals surface area contributed by atoms with E-state index >= 15 is 0 Å². The first-order valence-electron chi connectivity index (χ1n) is 5.83. The standard InChI is InChI=1S/C14H13BrN2O2/c15-13-7-6-11(10-17-13)14(18)16-8-9-19-12-4-2-1-3-5-12/h1-7,10H,8-9H2,(H,16,18). The molecule has 0 saturated heterocycles. The summed E-state index contributed by atoms with van der Waals surface area (Å²) in [4.78, 5) is 15.7. The number of aromatic nitrogens is 1. The van der Waals surface area contributed by atoms with E-state index in [0.717, 1.165) is 5.75 Å². The number of benzene rings is 1. The number of nitrogens with zero attached hydrogens (tertiary/aromatic N) is 1. The van der Waals surface area contributed by atoms with Gasteiger partial charge in [0, 0.05) is 6.20 Å². The predicted octanol–water partition coefficient (Wildman–Crippen LogP) is 2.65. The summed E-state index contributed by atoms with van der Waals surface area (Å²) in [5.74, 6) is 0.638. The van der Waals surface area contributed by atoms with Gasteiger partial charge >= 0.3 is 0 Å². The van der Waals surface area contributed by atoms with Gasteiger partial charge in [-0.15, -0.1) is 0 Å². The van der Waals surface area contributed by atoms with Crippen LogP contribution in [0.3, 0.4) is 0 Å². The Morgan fingerprint density at radius 3 is 2.68 bits per heavy atom. The second-order valence-corrected chi connectivity index (χ2v) is 4.60. The molecule has 1 heterocycles. The number of hydrogen-bond acceptors (Lipinski definition) is 3. The summed E-state index contributed by atoms with van der Waals surface area (Å²) in [6.45, 7) is 0.878. The summed E-state index contributed by atoms with van der Waals surface area (Å²) < 4.78 is 6.18. The topological polar surface area (TPSA) is 51.2 Å². The third-order valence-corrected chi connectivity index (χ3v) is 2.86. The molecule has 2 aromatic rings. The average molecular weight is 321 g/mol. The van der Waals surface area contributed by atoms with Gasteiger partial charge in [-0.1, -0.05) is 18.2 Å². The number of rotatable bonds is 5. The lowest BCUT2D eigenvalue weighted by atomic mass is 10.3. The van der Waals surface area contributed by atoms with Crippen molar-refractivity contribution in [1.82, 2.24) is 10.3 Å². The number of para-hydroxylation sites is 1. The fourth-order valence-corrected chi connectivity index (χ4v) is 1.70. The van der Waals surface area contributed by atoms with Gasteiger partial charge < -0.3 is 10.1 Å². The molecule has 1 amide bonds. The number of carbonyl (C=O) groups excluding carboxylic acids is 1. The Hall–Kier alpha value is -1.88. The van der Waals surface area contributed by atoms with E-state index in [1.54, 1.807) is 12.1 Å². The lowest BCUT2D eigenvalue weighted by molar-refractivity contribution is 0.0946. The number of amides is 1. The summed E-state index contributed by atoms with van der Waals surface area (Å²) in [6.07, 6.45) is 1.53. The van der Waals surface area contributed by atoms with Crippen LogP contribution in [0.2, 0.25) is 0 Å². The molecule has 0 saturated carbocycles. The molecule has 0 bridgehead atoms. The van der Waals surface area contributed by atoms with Gasteiger partial charge in [-0.2, -0.15) is 0 Å². The Morgan fingerprint density at radius 1 is 1.21 bits per heavy atom. The number of hydrogen-bond donors (Lipinski definition) is 1. The van der Waals surface area contributed by atoms with E-state index in [1.807, 2.05) is 30.3 Å². The molecule has 98 valence electrons. The molecule has 0 aliphatic rings. The molecular formula is C14H13BrN2O2. The van der Waals surface area contributed by atoms with Gasteiger partial charge in [0.25, 0.3) is 5.91 Å². The summed E-state index contributed by atoms with van der Waals surface area (Å²) in [7, 11) is 0. The molecule has 0 spiro atoms. The van der Waals surface area contributed by atoms with Crippen molar-refractivity contribution in [2.24, 2.45) is 0 Å². The van der Waals surface area contributed by atoms with Gasteiger partial charge in [0.15, 0.2) is 0 Å². The van der Waals surface area contributed by atoms with Crippen molar-refractivity contribution in [2.75, 3.05) is 13.2 Å². The van der Waals surface area contributed by atoms with Crippen LogP contribution in [0, 0.1) is 0 Å². The maximum absolute atomic E-state index is 11.7. The highest BCUT2D eigenvalue weighted by molar-refractivity contribution is 9.10. The second kappa shape index (κ2) is 6.89. The fraction of sp³-hybridized carbons (Fsp3) is 0.143. The van der Waals surface area contributed by atoms with Gasteiger partial charge in [-0.25, -0.2) is 4.98 Å². The lowest BCUT2D eigenvalue weighted by Crippen LogP contribution is -2.28. The molecule has 1 aromatic heterocycles. The third kappa shape index (κ3) is 4.37. The zero-order valence-corrected chi connectivity index (χ0v) is 11.8. The first-order chi connectivity index (χ1) is 9.25. The zero-order valence-electron chi connectivity index (χ0n) is 10.2. The normalized spacial score (nSPS) is 9.95. The molecule has 1 N–H and O–H groups in total. The van der Waals surface area contributed by atoms with Crippen LogP contribution in [0.25, 0.3) is 0 Å². The molecule has 0 unspecified atom stereocenters. The molecule has 0 atom stereocenters. The molecule has 1 aromatic carbocycles. The van der Waals surface area contributed by atoms with Gasteiger partial charge in [-0.3, -0.25) is 4.79 Å². The van der Waals surface area contributed by atoms with E-state index in [2.05, 4.69) is 26.2 Å². The SMILES string of the molecule is O=C(NCCOc1ccccc1)c1ccc(Br)nc1. The van der Waals surface area contributed by atoms with Crippen LogP contribution >= 0.6 is 15.9 Å². The summed E-state index contributed by atoms with van der Waals surface area (Å²) >= 11 is 3.22. The van der Waals surface area contributed by atoms with Crippen LogP contribution < -0.4 is 10.1 Å². The maximum Gasteiger partial charge on any atom is 0.252 e. The fourth-order valence-electron chi connectivity index (χ4n) is 1.46. The van der Waals surface area contributed by atoms with E-state index < -0.39 is 0 Å². The van der Waals surface area contributed by atoms with Gasteiger partial charge in [-0.05, 0) is 40.2 Å². The Labute approximate surface area is 119 Å². The van der Waals surface area contributed by atoms with Crippen molar-refractivity contribution < 1.29 is 9.53 Å². The van der Waals surface area contributed by atoms with Crippen molar-refractivity contribution in [2.45, 2.75) is 0 Å². The van der Waals surface area contributed by atoms with Crippen molar-refractivity contribution in [1.29, 1.82) is 0 Å². The Balaban J connectivity index is 1.74. The second-order valence-electron chi connectivity index (χ2n) is 3.79. The molecule has 0 fully saturated rings. The lowest BCUT2D eigenvalue weighted by Gasteiger charge is -2.07. The van der Waals surface area contributed by atoms with Crippen LogP contribution in [-0.4, -0.2) is 24.0 Å². The Kier molecular flexibility index (Phi) is 4.92. The molecular weight excluding hydrogens is 308 g/mol.